The first kappa shape index (κ1) is 10.8. The highest BCUT2D eigenvalue weighted by Gasteiger charge is 2.13. The number of rotatable bonds is 2. The van der Waals surface area contributed by atoms with Crippen molar-refractivity contribution in [1.82, 2.24) is 9.97 Å². The van der Waals surface area contributed by atoms with Crippen LogP contribution in [-0.4, -0.2) is 15.9 Å². The van der Waals surface area contributed by atoms with Gasteiger partial charge in [-0.05, 0) is 28.1 Å². The first-order valence-corrected chi connectivity index (χ1v) is 5.22. The SMILES string of the molecule is O=C(Nc1ncc[nH]1)c1cccc(F)c1Br. The number of imidazole rings is 1. The molecule has 1 aromatic carbocycles. The Bertz CT molecular complexity index is 513. The summed E-state index contributed by atoms with van der Waals surface area (Å²) < 4.78 is 13.3. The van der Waals surface area contributed by atoms with E-state index in [1.165, 1.54) is 24.4 Å². The summed E-state index contributed by atoms with van der Waals surface area (Å²) >= 11 is 3.02. The maximum absolute atomic E-state index is 13.2. The van der Waals surface area contributed by atoms with E-state index >= 15 is 0 Å². The number of nitrogens with zero attached hydrogens (tertiary/aromatic N) is 1. The summed E-state index contributed by atoms with van der Waals surface area (Å²) in [7, 11) is 0. The number of carbonyl (C=O) groups is 1. The fourth-order valence-electron chi connectivity index (χ4n) is 1.19. The van der Waals surface area contributed by atoms with Crippen LogP contribution >= 0.6 is 15.9 Å². The number of aromatic amines is 1. The third kappa shape index (κ3) is 2.11. The number of H-pyrrole nitrogens is 1. The smallest absolute Gasteiger partial charge is 0.259 e. The second-order valence-electron chi connectivity index (χ2n) is 2.99. The summed E-state index contributed by atoms with van der Waals surface area (Å²) in [6.07, 6.45) is 3.09. The topological polar surface area (TPSA) is 57.8 Å². The van der Waals surface area contributed by atoms with E-state index < -0.39 is 11.7 Å². The maximum Gasteiger partial charge on any atom is 0.259 e. The van der Waals surface area contributed by atoms with Crippen LogP contribution in [0.15, 0.2) is 35.1 Å². The van der Waals surface area contributed by atoms with Gasteiger partial charge >= 0.3 is 0 Å². The first-order valence-electron chi connectivity index (χ1n) is 4.43. The monoisotopic (exact) mass is 283 g/mol. The van der Waals surface area contributed by atoms with Crippen LogP contribution in [0.25, 0.3) is 0 Å². The molecule has 2 rings (SSSR count). The van der Waals surface area contributed by atoms with Crippen molar-refractivity contribution < 1.29 is 9.18 Å². The van der Waals surface area contributed by atoms with E-state index in [0.717, 1.165) is 0 Å². The lowest BCUT2D eigenvalue weighted by atomic mass is 10.2. The molecule has 0 spiro atoms. The van der Waals surface area contributed by atoms with Gasteiger partial charge in [0.05, 0.1) is 10.0 Å². The summed E-state index contributed by atoms with van der Waals surface area (Å²) in [5.74, 6) is -0.588. The molecule has 0 bridgehead atoms. The molecule has 1 amide bonds. The van der Waals surface area contributed by atoms with Gasteiger partial charge in [0.15, 0.2) is 0 Å². The summed E-state index contributed by atoms with van der Waals surface area (Å²) in [5, 5.41) is 2.50. The van der Waals surface area contributed by atoms with Crippen molar-refractivity contribution in [1.29, 1.82) is 0 Å². The number of hydrogen-bond donors (Lipinski definition) is 2. The lowest BCUT2D eigenvalue weighted by Gasteiger charge is -2.04. The predicted octanol–water partition coefficient (Wildman–Crippen LogP) is 2.56. The van der Waals surface area contributed by atoms with Gasteiger partial charge < -0.3 is 4.98 Å². The Balaban J connectivity index is 2.24. The van der Waals surface area contributed by atoms with E-state index in [2.05, 4.69) is 31.2 Å². The van der Waals surface area contributed by atoms with Crippen LogP contribution in [0.4, 0.5) is 10.3 Å². The summed E-state index contributed by atoms with van der Waals surface area (Å²) in [6.45, 7) is 0. The summed E-state index contributed by atoms with van der Waals surface area (Å²) in [5.41, 5.74) is 0.219. The third-order valence-corrected chi connectivity index (χ3v) is 2.73. The van der Waals surface area contributed by atoms with Crippen molar-refractivity contribution in [3.8, 4) is 0 Å². The zero-order valence-corrected chi connectivity index (χ0v) is 9.58. The van der Waals surface area contributed by atoms with Crippen molar-refractivity contribution in [2.24, 2.45) is 0 Å². The maximum atomic E-state index is 13.2. The molecule has 1 heterocycles. The Hall–Kier alpha value is -1.69. The number of anilines is 1. The normalized spacial score (nSPS) is 10.1. The van der Waals surface area contributed by atoms with E-state index in [9.17, 15) is 9.18 Å². The minimum Gasteiger partial charge on any atom is -0.331 e. The highest BCUT2D eigenvalue weighted by Crippen LogP contribution is 2.20. The molecule has 6 heteroatoms. The number of hydrogen-bond acceptors (Lipinski definition) is 2. The van der Waals surface area contributed by atoms with Crippen molar-refractivity contribution in [2.75, 3.05) is 5.32 Å². The molecular formula is C10H7BrFN3O. The molecule has 0 fully saturated rings. The van der Waals surface area contributed by atoms with E-state index in [1.807, 2.05) is 0 Å². The number of carbonyl (C=O) groups excluding carboxylic acids is 1. The minimum atomic E-state index is -0.480. The minimum absolute atomic E-state index is 0.138. The molecular weight excluding hydrogens is 277 g/mol. The Morgan fingerprint density at radius 2 is 2.31 bits per heavy atom. The molecule has 0 aliphatic carbocycles. The van der Waals surface area contributed by atoms with E-state index in [1.54, 1.807) is 6.20 Å². The van der Waals surface area contributed by atoms with Crippen molar-refractivity contribution in [2.45, 2.75) is 0 Å². The third-order valence-electron chi connectivity index (χ3n) is 1.93. The van der Waals surface area contributed by atoms with E-state index in [-0.39, 0.29) is 10.0 Å². The van der Waals surface area contributed by atoms with Crippen LogP contribution < -0.4 is 5.32 Å². The van der Waals surface area contributed by atoms with Gasteiger partial charge in [0.1, 0.15) is 5.82 Å². The van der Waals surface area contributed by atoms with Gasteiger partial charge in [-0.15, -0.1) is 0 Å². The van der Waals surface area contributed by atoms with Crippen molar-refractivity contribution in [3.63, 3.8) is 0 Å². The molecule has 0 aliphatic rings. The van der Waals surface area contributed by atoms with Crippen LogP contribution in [0.5, 0.6) is 0 Å². The predicted molar refractivity (Wildman–Crippen MR) is 60.6 cm³/mol. The van der Waals surface area contributed by atoms with Gasteiger partial charge in [0.2, 0.25) is 5.95 Å². The van der Waals surface area contributed by atoms with Crippen molar-refractivity contribution in [3.05, 3.63) is 46.4 Å². The highest BCUT2D eigenvalue weighted by molar-refractivity contribution is 9.10. The van der Waals surface area contributed by atoms with Gasteiger partial charge in [-0.25, -0.2) is 9.37 Å². The Kier molecular flexibility index (Phi) is 3.00. The second-order valence-corrected chi connectivity index (χ2v) is 3.79. The second kappa shape index (κ2) is 4.44. The summed E-state index contributed by atoms with van der Waals surface area (Å²) in [4.78, 5) is 18.3. The number of amides is 1. The Labute approximate surface area is 99.0 Å². The molecule has 0 aliphatic heterocycles. The molecule has 4 nitrogen and oxygen atoms in total. The standard InChI is InChI=1S/C10H7BrFN3O/c11-8-6(2-1-3-7(8)12)9(16)15-10-13-4-5-14-10/h1-5H,(H2,13,14,15,16). The average Bonchev–Trinajstić information content (AvgIpc) is 2.74. The lowest BCUT2D eigenvalue weighted by Crippen LogP contribution is -2.14. The quantitative estimate of drug-likeness (QED) is 0.890. The average molecular weight is 284 g/mol. The van der Waals surface area contributed by atoms with Gasteiger partial charge in [-0.1, -0.05) is 6.07 Å². The zero-order valence-electron chi connectivity index (χ0n) is 8.00. The lowest BCUT2D eigenvalue weighted by molar-refractivity contribution is 0.102. The molecule has 16 heavy (non-hydrogen) atoms. The fourth-order valence-corrected chi connectivity index (χ4v) is 1.63. The Morgan fingerprint density at radius 3 is 3.00 bits per heavy atom. The van der Waals surface area contributed by atoms with Crippen LogP contribution in [-0.2, 0) is 0 Å². The van der Waals surface area contributed by atoms with Crippen LogP contribution in [0.2, 0.25) is 0 Å². The molecule has 2 N–H and O–H groups in total. The fraction of sp³-hybridized carbons (Fsp3) is 0. The molecule has 1 aromatic heterocycles. The highest BCUT2D eigenvalue weighted by atomic mass is 79.9. The number of aromatic nitrogens is 2. The van der Waals surface area contributed by atoms with Crippen LogP contribution in [0.3, 0.4) is 0 Å². The van der Waals surface area contributed by atoms with Crippen LogP contribution in [0, 0.1) is 5.82 Å². The van der Waals surface area contributed by atoms with E-state index in [4.69, 9.17) is 0 Å². The van der Waals surface area contributed by atoms with Gasteiger partial charge in [-0.2, -0.15) is 0 Å². The largest absolute Gasteiger partial charge is 0.331 e. The van der Waals surface area contributed by atoms with Crippen LogP contribution in [0.1, 0.15) is 10.4 Å². The van der Waals surface area contributed by atoms with E-state index in [0.29, 0.717) is 5.95 Å². The molecule has 0 unspecified atom stereocenters. The number of nitrogens with one attached hydrogen (secondary N) is 2. The Morgan fingerprint density at radius 1 is 1.50 bits per heavy atom. The molecule has 0 saturated heterocycles. The number of benzene rings is 1. The first-order chi connectivity index (χ1) is 7.68. The molecule has 0 saturated carbocycles. The molecule has 82 valence electrons. The van der Waals surface area contributed by atoms with Gasteiger partial charge in [-0.3, -0.25) is 10.1 Å². The van der Waals surface area contributed by atoms with Gasteiger partial charge in [0.25, 0.3) is 5.91 Å². The zero-order chi connectivity index (χ0) is 11.5. The van der Waals surface area contributed by atoms with Gasteiger partial charge in [0, 0.05) is 12.4 Å². The molecule has 0 radical (unpaired) electrons. The number of halogens is 2. The molecule has 0 atom stereocenters. The summed E-state index contributed by atoms with van der Waals surface area (Å²) in [6, 6.07) is 4.26. The molecule has 2 aromatic rings. The van der Waals surface area contributed by atoms with Crippen molar-refractivity contribution >= 4 is 27.8 Å².